The monoisotopic (exact) mass is 235 g/mol. The maximum Gasteiger partial charge on any atom is 0.218 e. The lowest BCUT2D eigenvalue weighted by Gasteiger charge is -2.04. The summed E-state index contributed by atoms with van der Waals surface area (Å²) in [5.41, 5.74) is 6.49. The van der Waals surface area contributed by atoms with Gasteiger partial charge in [0.2, 0.25) is 5.88 Å². The van der Waals surface area contributed by atoms with Crippen LogP contribution in [0.15, 0.2) is 30.3 Å². The number of rotatable bonds is 2. The number of benzene rings is 1. The predicted molar refractivity (Wildman–Crippen MR) is 63.4 cm³/mol. The number of aromatic nitrogens is 2. The fraction of sp³-hybridized carbons (Fsp3) is 0.0909. The first-order chi connectivity index (χ1) is 7.69. The number of methoxy groups -OCH3 is 1. The Morgan fingerprint density at radius 2 is 1.88 bits per heavy atom. The molecule has 0 aliphatic carbocycles. The maximum atomic E-state index is 5.80. The van der Waals surface area contributed by atoms with E-state index in [9.17, 15) is 0 Å². The standard InChI is InChI=1S/C11H10ClN3O/c1-16-10-6-9(13)14-11(15-10)7-2-4-8(12)5-3-7/h2-6H,1H3,(H2,13,14,15). The van der Waals surface area contributed by atoms with Gasteiger partial charge in [0.25, 0.3) is 0 Å². The third-order valence-electron chi connectivity index (χ3n) is 2.03. The lowest BCUT2D eigenvalue weighted by molar-refractivity contribution is 0.398. The van der Waals surface area contributed by atoms with E-state index >= 15 is 0 Å². The first-order valence-corrected chi connectivity index (χ1v) is 5.01. The van der Waals surface area contributed by atoms with Gasteiger partial charge in [0, 0.05) is 16.7 Å². The summed E-state index contributed by atoms with van der Waals surface area (Å²) >= 11 is 5.80. The fourth-order valence-corrected chi connectivity index (χ4v) is 1.40. The summed E-state index contributed by atoms with van der Waals surface area (Å²) in [7, 11) is 1.54. The smallest absolute Gasteiger partial charge is 0.218 e. The van der Waals surface area contributed by atoms with E-state index in [0.29, 0.717) is 22.5 Å². The van der Waals surface area contributed by atoms with E-state index in [-0.39, 0.29) is 0 Å². The molecule has 0 saturated carbocycles. The lowest BCUT2D eigenvalue weighted by atomic mass is 10.2. The van der Waals surface area contributed by atoms with Gasteiger partial charge in [-0.05, 0) is 24.3 Å². The summed E-state index contributed by atoms with van der Waals surface area (Å²) in [6.07, 6.45) is 0. The van der Waals surface area contributed by atoms with Crippen molar-refractivity contribution in [2.24, 2.45) is 0 Å². The molecule has 82 valence electrons. The second kappa shape index (κ2) is 4.37. The summed E-state index contributed by atoms with van der Waals surface area (Å²) in [5.74, 6) is 1.34. The molecular weight excluding hydrogens is 226 g/mol. The van der Waals surface area contributed by atoms with Crippen molar-refractivity contribution in [3.8, 4) is 17.3 Å². The molecule has 1 aromatic heterocycles. The van der Waals surface area contributed by atoms with Gasteiger partial charge < -0.3 is 10.5 Å². The molecule has 4 nitrogen and oxygen atoms in total. The molecule has 0 atom stereocenters. The van der Waals surface area contributed by atoms with Crippen LogP contribution in [0, 0.1) is 0 Å². The molecule has 2 aromatic rings. The Morgan fingerprint density at radius 1 is 1.19 bits per heavy atom. The highest BCUT2D eigenvalue weighted by atomic mass is 35.5. The average Bonchev–Trinajstić information content (AvgIpc) is 2.29. The molecule has 1 aromatic carbocycles. The van der Waals surface area contributed by atoms with Crippen LogP contribution in [0.2, 0.25) is 5.02 Å². The number of halogens is 1. The van der Waals surface area contributed by atoms with E-state index in [2.05, 4.69) is 9.97 Å². The van der Waals surface area contributed by atoms with Gasteiger partial charge in [-0.1, -0.05) is 11.6 Å². The normalized spacial score (nSPS) is 10.1. The maximum absolute atomic E-state index is 5.80. The molecule has 5 heteroatoms. The van der Waals surface area contributed by atoms with E-state index in [1.165, 1.54) is 7.11 Å². The van der Waals surface area contributed by atoms with Crippen LogP contribution in [0.25, 0.3) is 11.4 Å². The van der Waals surface area contributed by atoms with Crippen LogP contribution in [0.5, 0.6) is 5.88 Å². The van der Waals surface area contributed by atoms with Crippen molar-refractivity contribution in [1.82, 2.24) is 9.97 Å². The molecule has 0 saturated heterocycles. The molecule has 0 amide bonds. The minimum absolute atomic E-state index is 0.372. The summed E-state index contributed by atoms with van der Waals surface area (Å²) in [5, 5.41) is 0.666. The van der Waals surface area contributed by atoms with Crippen molar-refractivity contribution in [1.29, 1.82) is 0 Å². The first-order valence-electron chi connectivity index (χ1n) is 4.63. The summed E-state index contributed by atoms with van der Waals surface area (Å²) < 4.78 is 5.02. The Hall–Kier alpha value is -1.81. The molecule has 0 aliphatic rings. The van der Waals surface area contributed by atoms with Crippen molar-refractivity contribution < 1.29 is 4.74 Å². The van der Waals surface area contributed by atoms with E-state index in [1.807, 2.05) is 12.1 Å². The molecule has 1 heterocycles. The molecule has 0 aliphatic heterocycles. The Kier molecular flexibility index (Phi) is 2.92. The van der Waals surface area contributed by atoms with E-state index in [4.69, 9.17) is 22.1 Å². The molecule has 0 fully saturated rings. The van der Waals surface area contributed by atoms with Crippen molar-refractivity contribution in [2.45, 2.75) is 0 Å². The zero-order valence-corrected chi connectivity index (χ0v) is 9.40. The molecule has 2 N–H and O–H groups in total. The number of anilines is 1. The fourth-order valence-electron chi connectivity index (χ4n) is 1.28. The highest BCUT2D eigenvalue weighted by Crippen LogP contribution is 2.21. The molecule has 16 heavy (non-hydrogen) atoms. The number of nitrogens with zero attached hydrogens (tertiary/aromatic N) is 2. The van der Waals surface area contributed by atoms with Crippen LogP contribution in [0.4, 0.5) is 5.82 Å². The van der Waals surface area contributed by atoms with Gasteiger partial charge in [-0.15, -0.1) is 0 Å². The molecule has 2 rings (SSSR count). The first kappa shape index (κ1) is 10.7. The van der Waals surface area contributed by atoms with Crippen LogP contribution in [0.1, 0.15) is 0 Å². The van der Waals surface area contributed by atoms with Gasteiger partial charge in [0.15, 0.2) is 5.82 Å². The molecule has 0 unspecified atom stereocenters. The second-order valence-corrected chi connectivity index (χ2v) is 3.60. The summed E-state index contributed by atoms with van der Waals surface area (Å²) in [6, 6.07) is 8.78. The summed E-state index contributed by atoms with van der Waals surface area (Å²) in [4.78, 5) is 8.32. The molecule has 0 radical (unpaired) electrons. The average molecular weight is 236 g/mol. The van der Waals surface area contributed by atoms with Crippen molar-refractivity contribution in [2.75, 3.05) is 12.8 Å². The molecular formula is C11H10ClN3O. The summed E-state index contributed by atoms with van der Waals surface area (Å²) in [6.45, 7) is 0. The largest absolute Gasteiger partial charge is 0.481 e. The zero-order valence-electron chi connectivity index (χ0n) is 8.64. The number of nitrogens with two attached hydrogens (primary N) is 1. The molecule has 0 bridgehead atoms. The van der Waals surface area contributed by atoms with Gasteiger partial charge in [0.05, 0.1) is 7.11 Å². The van der Waals surface area contributed by atoms with Gasteiger partial charge in [-0.2, -0.15) is 4.98 Å². The van der Waals surface area contributed by atoms with Crippen LogP contribution in [-0.4, -0.2) is 17.1 Å². The van der Waals surface area contributed by atoms with Crippen LogP contribution in [0.3, 0.4) is 0 Å². The Balaban J connectivity index is 2.47. The number of ether oxygens (including phenoxy) is 1. The highest BCUT2D eigenvalue weighted by Gasteiger charge is 2.05. The Labute approximate surface area is 98.0 Å². The highest BCUT2D eigenvalue weighted by molar-refractivity contribution is 6.30. The number of hydrogen-bond donors (Lipinski definition) is 1. The van der Waals surface area contributed by atoms with Crippen molar-refractivity contribution in [3.63, 3.8) is 0 Å². The third-order valence-corrected chi connectivity index (χ3v) is 2.29. The second-order valence-electron chi connectivity index (χ2n) is 3.17. The Bertz CT molecular complexity index is 499. The zero-order chi connectivity index (χ0) is 11.5. The molecule has 0 spiro atoms. The van der Waals surface area contributed by atoms with Gasteiger partial charge in [-0.3, -0.25) is 0 Å². The van der Waals surface area contributed by atoms with E-state index in [1.54, 1.807) is 18.2 Å². The van der Waals surface area contributed by atoms with Crippen molar-refractivity contribution >= 4 is 17.4 Å². The predicted octanol–water partition coefficient (Wildman–Crippen LogP) is 2.39. The number of hydrogen-bond acceptors (Lipinski definition) is 4. The van der Waals surface area contributed by atoms with Crippen molar-refractivity contribution in [3.05, 3.63) is 35.4 Å². The van der Waals surface area contributed by atoms with Crippen LogP contribution >= 0.6 is 11.6 Å². The minimum Gasteiger partial charge on any atom is -0.481 e. The van der Waals surface area contributed by atoms with E-state index < -0.39 is 0 Å². The SMILES string of the molecule is COc1cc(N)nc(-c2ccc(Cl)cc2)n1. The Morgan fingerprint density at radius 3 is 2.50 bits per heavy atom. The lowest BCUT2D eigenvalue weighted by Crippen LogP contribution is -1.98. The van der Waals surface area contributed by atoms with Gasteiger partial charge in [0.1, 0.15) is 5.82 Å². The van der Waals surface area contributed by atoms with Gasteiger partial charge in [-0.25, -0.2) is 4.98 Å². The van der Waals surface area contributed by atoms with Gasteiger partial charge >= 0.3 is 0 Å². The van der Waals surface area contributed by atoms with Crippen LogP contribution in [-0.2, 0) is 0 Å². The third kappa shape index (κ3) is 2.23. The number of nitrogen functional groups attached to an aromatic ring is 1. The van der Waals surface area contributed by atoms with E-state index in [0.717, 1.165) is 5.56 Å². The van der Waals surface area contributed by atoms with Crippen LogP contribution < -0.4 is 10.5 Å². The minimum atomic E-state index is 0.372. The quantitative estimate of drug-likeness (QED) is 0.868. The topological polar surface area (TPSA) is 61.0 Å².